The minimum atomic E-state index is -1.95. The van der Waals surface area contributed by atoms with Gasteiger partial charge in [0.25, 0.3) is 0 Å². The monoisotopic (exact) mass is 164 g/mol. The first-order valence-corrected chi connectivity index (χ1v) is 3.36. The van der Waals surface area contributed by atoms with Crippen molar-refractivity contribution in [2.24, 2.45) is 0 Å². The van der Waals surface area contributed by atoms with Crippen molar-refractivity contribution in [3.63, 3.8) is 0 Å². The Balaban J connectivity index is 2.56. The largest absolute Gasteiger partial charge is 0.391 e. The van der Waals surface area contributed by atoms with E-state index in [0.717, 1.165) is 0 Å². The van der Waals surface area contributed by atoms with Gasteiger partial charge >= 0.3 is 5.97 Å². The van der Waals surface area contributed by atoms with E-state index in [1.54, 1.807) is 0 Å². The van der Waals surface area contributed by atoms with Crippen molar-refractivity contribution >= 4 is 0 Å². The summed E-state index contributed by atoms with van der Waals surface area (Å²) in [4.78, 5) is 0. The van der Waals surface area contributed by atoms with Crippen LogP contribution in [0.5, 0.6) is 0 Å². The molecule has 0 radical (unpaired) electrons. The molecule has 11 heavy (non-hydrogen) atoms. The van der Waals surface area contributed by atoms with Gasteiger partial charge in [-0.25, -0.2) is 0 Å². The summed E-state index contributed by atoms with van der Waals surface area (Å²) in [6.45, 7) is -0.0264. The van der Waals surface area contributed by atoms with Gasteiger partial charge in [0.2, 0.25) is 0 Å². The van der Waals surface area contributed by atoms with E-state index < -0.39 is 18.2 Å². The zero-order valence-electron chi connectivity index (χ0n) is 6.23. The molecule has 66 valence electrons. The van der Waals surface area contributed by atoms with E-state index in [9.17, 15) is 5.11 Å². The quantitative estimate of drug-likeness (QED) is 0.408. The molecule has 1 heterocycles. The topological polar surface area (TPSA) is 79.2 Å². The highest BCUT2D eigenvalue weighted by Gasteiger charge is 2.42. The minimum Gasteiger partial charge on any atom is -0.391 e. The van der Waals surface area contributed by atoms with E-state index in [2.05, 4.69) is 9.47 Å². The predicted octanol–water partition coefficient (Wildman–Crippen LogP) is -1.58. The second kappa shape index (κ2) is 3.04. The lowest BCUT2D eigenvalue weighted by atomic mass is 10.1. The van der Waals surface area contributed by atoms with Crippen LogP contribution in [0.2, 0.25) is 0 Å². The van der Waals surface area contributed by atoms with Crippen molar-refractivity contribution < 1.29 is 24.8 Å². The van der Waals surface area contributed by atoms with Crippen LogP contribution < -0.4 is 0 Å². The zero-order valence-corrected chi connectivity index (χ0v) is 6.23. The SMILES string of the molecule is COC1(O)OCC(O)CC1O. The first-order valence-electron chi connectivity index (χ1n) is 3.36. The third-order valence-corrected chi connectivity index (χ3v) is 1.69. The maximum Gasteiger partial charge on any atom is 0.307 e. The predicted molar refractivity (Wildman–Crippen MR) is 34.5 cm³/mol. The smallest absolute Gasteiger partial charge is 0.307 e. The Labute approximate surface area is 64.2 Å². The van der Waals surface area contributed by atoms with E-state index in [0.29, 0.717) is 0 Å². The normalized spacial score (nSPS) is 45.8. The lowest BCUT2D eigenvalue weighted by Gasteiger charge is -2.36. The van der Waals surface area contributed by atoms with Crippen LogP contribution in [0.3, 0.4) is 0 Å². The van der Waals surface area contributed by atoms with Crippen LogP contribution in [0.15, 0.2) is 0 Å². The molecule has 5 heteroatoms. The van der Waals surface area contributed by atoms with Crippen LogP contribution in [0.1, 0.15) is 6.42 Å². The van der Waals surface area contributed by atoms with E-state index in [4.69, 9.17) is 10.2 Å². The van der Waals surface area contributed by atoms with Gasteiger partial charge in [-0.2, -0.15) is 0 Å². The molecular weight excluding hydrogens is 152 g/mol. The van der Waals surface area contributed by atoms with Crippen molar-refractivity contribution in [3.8, 4) is 0 Å². The van der Waals surface area contributed by atoms with Gasteiger partial charge < -0.3 is 24.8 Å². The molecule has 1 fully saturated rings. The van der Waals surface area contributed by atoms with Gasteiger partial charge in [0.1, 0.15) is 6.10 Å². The molecule has 0 aliphatic carbocycles. The van der Waals surface area contributed by atoms with Crippen LogP contribution in [-0.2, 0) is 9.47 Å². The summed E-state index contributed by atoms with van der Waals surface area (Å²) in [6.07, 6.45) is -1.87. The van der Waals surface area contributed by atoms with Crippen molar-refractivity contribution in [2.45, 2.75) is 24.6 Å². The number of ether oxygens (including phenoxy) is 2. The van der Waals surface area contributed by atoms with Crippen molar-refractivity contribution in [1.29, 1.82) is 0 Å². The third-order valence-electron chi connectivity index (χ3n) is 1.69. The van der Waals surface area contributed by atoms with E-state index in [-0.39, 0.29) is 13.0 Å². The Morgan fingerprint density at radius 2 is 2.18 bits per heavy atom. The summed E-state index contributed by atoms with van der Waals surface area (Å²) in [6, 6.07) is 0. The Morgan fingerprint density at radius 1 is 1.55 bits per heavy atom. The number of hydrogen-bond donors (Lipinski definition) is 3. The lowest BCUT2D eigenvalue weighted by molar-refractivity contribution is -0.408. The van der Waals surface area contributed by atoms with Crippen LogP contribution in [-0.4, -0.2) is 47.2 Å². The van der Waals surface area contributed by atoms with E-state index in [1.807, 2.05) is 0 Å². The zero-order chi connectivity index (χ0) is 8.48. The molecule has 0 spiro atoms. The van der Waals surface area contributed by atoms with Crippen LogP contribution in [0, 0.1) is 0 Å². The molecule has 5 nitrogen and oxygen atoms in total. The van der Waals surface area contributed by atoms with Gasteiger partial charge in [0.05, 0.1) is 12.7 Å². The molecule has 0 bridgehead atoms. The maximum atomic E-state index is 9.26. The lowest BCUT2D eigenvalue weighted by Crippen LogP contribution is -2.53. The second-order valence-electron chi connectivity index (χ2n) is 2.55. The number of rotatable bonds is 1. The molecule has 0 saturated carbocycles. The molecule has 3 atom stereocenters. The Morgan fingerprint density at radius 3 is 2.64 bits per heavy atom. The van der Waals surface area contributed by atoms with Gasteiger partial charge in [0, 0.05) is 13.5 Å². The highest BCUT2D eigenvalue weighted by atomic mass is 16.8. The molecule has 1 aliphatic rings. The molecule has 3 unspecified atom stereocenters. The van der Waals surface area contributed by atoms with Gasteiger partial charge in [-0.3, -0.25) is 0 Å². The maximum absolute atomic E-state index is 9.26. The third kappa shape index (κ3) is 1.69. The van der Waals surface area contributed by atoms with Gasteiger partial charge in [0.15, 0.2) is 0 Å². The fourth-order valence-corrected chi connectivity index (χ4v) is 0.981. The standard InChI is InChI=1S/C6H12O5/c1-10-6(9)5(8)2-4(7)3-11-6/h4-5,7-9H,2-3H2,1H3. The van der Waals surface area contributed by atoms with Crippen molar-refractivity contribution in [3.05, 3.63) is 0 Å². The molecule has 1 aliphatic heterocycles. The fourth-order valence-electron chi connectivity index (χ4n) is 0.981. The molecule has 0 aromatic carbocycles. The van der Waals surface area contributed by atoms with Gasteiger partial charge in [-0.05, 0) is 0 Å². The summed E-state index contributed by atoms with van der Waals surface area (Å²) in [7, 11) is 1.22. The molecule has 1 saturated heterocycles. The molecular formula is C6H12O5. The number of hydrogen-bond acceptors (Lipinski definition) is 5. The summed E-state index contributed by atoms with van der Waals surface area (Å²) in [5.41, 5.74) is 0. The molecule has 0 aromatic heterocycles. The van der Waals surface area contributed by atoms with Crippen LogP contribution in [0.25, 0.3) is 0 Å². The molecule has 3 N–H and O–H groups in total. The summed E-state index contributed by atoms with van der Waals surface area (Å²) in [5, 5.41) is 27.4. The Bertz CT molecular complexity index is 139. The summed E-state index contributed by atoms with van der Waals surface area (Å²) in [5.74, 6) is -1.95. The minimum absolute atomic E-state index is 0.0264. The first-order chi connectivity index (χ1) is 5.08. The highest BCUT2D eigenvalue weighted by Crippen LogP contribution is 2.23. The fraction of sp³-hybridized carbons (Fsp3) is 1.00. The van der Waals surface area contributed by atoms with Crippen LogP contribution in [0.4, 0.5) is 0 Å². The first kappa shape index (κ1) is 8.89. The summed E-state index contributed by atoms with van der Waals surface area (Å²) >= 11 is 0. The van der Waals surface area contributed by atoms with Crippen molar-refractivity contribution in [1.82, 2.24) is 0 Å². The number of methoxy groups -OCH3 is 1. The Kier molecular flexibility index (Phi) is 2.46. The summed E-state index contributed by atoms with van der Waals surface area (Å²) < 4.78 is 9.18. The molecule has 1 rings (SSSR count). The Hall–Kier alpha value is -0.200. The highest BCUT2D eigenvalue weighted by molar-refractivity contribution is 4.76. The number of aliphatic hydroxyl groups excluding tert-OH is 2. The van der Waals surface area contributed by atoms with E-state index >= 15 is 0 Å². The molecule has 0 aromatic rings. The van der Waals surface area contributed by atoms with Gasteiger partial charge in [-0.15, -0.1) is 0 Å². The van der Waals surface area contributed by atoms with Gasteiger partial charge in [-0.1, -0.05) is 0 Å². The van der Waals surface area contributed by atoms with E-state index in [1.165, 1.54) is 7.11 Å². The second-order valence-corrected chi connectivity index (χ2v) is 2.55. The number of aliphatic hydroxyl groups is 3. The molecule has 0 amide bonds. The average molecular weight is 164 g/mol. The van der Waals surface area contributed by atoms with Crippen LogP contribution >= 0.6 is 0 Å². The average Bonchev–Trinajstić information content (AvgIpc) is 1.98. The van der Waals surface area contributed by atoms with Crippen molar-refractivity contribution in [2.75, 3.05) is 13.7 Å².